The van der Waals surface area contributed by atoms with Gasteiger partial charge in [-0.15, -0.1) is 12.4 Å². The Morgan fingerprint density at radius 3 is 2.55 bits per heavy atom. The van der Waals surface area contributed by atoms with Crippen molar-refractivity contribution in [1.82, 2.24) is 15.5 Å². The molecule has 2 amide bonds. The Morgan fingerprint density at radius 2 is 1.97 bits per heavy atom. The second-order valence-electron chi connectivity index (χ2n) is 6.95. The normalized spacial score (nSPS) is 16.5. The van der Waals surface area contributed by atoms with E-state index in [0.717, 1.165) is 25.1 Å². The first-order chi connectivity index (χ1) is 13.5. The van der Waals surface area contributed by atoms with Gasteiger partial charge < -0.3 is 20.4 Å². The highest BCUT2D eigenvalue weighted by Gasteiger charge is 2.25. The second kappa shape index (κ2) is 10.2. The molecule has 2 aliphatic heterocycles. The first-order valence-corrected chi connectivity index (χ1v) is 9.41. The van der Waals surface area contributed by atoms with Crippen molar-refractivity contribution < 1.29 is 14.5 Å². The first-order valence-electron chi connectivity index (χ1n) is 9.41. The highest BCUT2D eigenvalue weighted by atomic mass is 35.5. The van der Waals surface area contributed by atoms with E-state index in [9.17, 15) is 19.7 Å². The lowest BCUT2D eigenvalue weighted by atomic mass is 10.1. The number of nitrogens with one attached hydrogen (secondary N) is 2. The van der Waals surface area contributed by atoms with Gasteiger partial charge in [0.2, 0.25) is 5.91 Å². The van der Waals surface area contributed by atoms with E-state index < -0.39 is 4.92 Å². The molecule has 3 rings (SSSR count). The fraction of sp³-hybridized carbons (Fsp3) is 0.474. The molecule has 2 aliphatic rings. The molecule has 2 N–H and O–H groups in total. The zero-order chi connectivity index (χ0) is 20.1. The number of halogens is 1. The van der Waals surface area contributed by atoms with Gasteiger partial charge in [0.25, 0.3) is 11.6 Å². The van der Waals surface area contributed by atoms with Gasteiger partial charge in [-0.05, 0) is 25.1 Å². The minimum absolute atomic E-state index is 0. The predicted molar refractivity (Wildman–Crippen MR) is 113 cm³/mol. The topological polar surface area (TPSA) is 108 Å². The number of anilines is 1. The number of nitro benzene ring substituents is 1. The number of benzene rings is 1. The Morgan fingerprint density at radius 1 is 1.24 bits per heavy atom. The molecule has 9 nitrogen and oxygen atoms in total. The molecule has 158 valence electrons. The van der Waals surface area contributed by atoms with Crippen molar-refractivity contribution >= 4 is 35.6 Å². The standard InChI is InChI=1S/C19H25N5O4.ClH/c1-14(25)22-8-10-23(11-9-22)17-3-2-16(12-18(17)24(27)28)19(26)21-13-15-4-6-20-7-5-15;/h2-4,12,20H,5-11,13H2,1H3,(H,21,26);1H. The number of hydrogen-bond donors (Lipinski definition) is 2. The highest BCUT2D eigenvalue weighted by Crippen LogP contribution is 2.30. The minimum atomic E-state index is -0.460. The van der Waals surface area contributed by atoms with Crippen molar-refractivity contribution in [2.24, 2.45) is 0 Å². The van der Waals surface area contributed by atoms with E-state index >= 15 is 0 Å². The molecule has 0 radical (unpaired) electrons. The summed E-state index contributed by atoms with van der Waals surface area (Å²) in [6.45, 7) is 5.75. The minimum Gasteiger partial charge on any atom is -0.362 e. The summed E-state index contributed by atoms with van der Waals surface area (Å²) in [5.41, 5.74) is 1.81. The Kier molecular flexibility index (Phi) is 7.98. The molecule has 0 unspecified atom stereocenters. The number of carbonyl (C=O) groups is 2. The van der Waals surface area contributed by atoms with Gasteiger partial charge in [-0.2, -0.15) is 0 Å². The molecule has 1 aromatic carbocycles. The predicted octanol–water partition coefficient (Wildman–Crippen LogP) is 1.33. The maximum absolute atomic E-state index is 12.4. The third-order valence-corrected chi connectivity index (χ3v) is 5.13. The molecule has 0 saturated carbocycles. The second-order valence-corrected chi connectivity index (χ2v) is 6.95. The van der Waals surface area contributed by atoms with Gasteiger partial charge in [-0.3, -0.25) is 19.7 Å². The van der Waals surface area contributed by atoms with Crippen molar-refractivity contribution in [3.8, 4) is 0 Å². The van der Waals surface area contributed by atoms with Gasteiger partial charge in [0.1, 0.15) is 5.69 Å². The van der Waals surface area contributed by atoms with Crippen LogP contribution >= 0.6 is 12.4 Å². The van der Waals surface area contributed by atoms with Crippen LogP contribution in [-0.2, 0) is 4.79 Å². The zero-order valence-electron chi connectivity index (χ0n) is 16.3. The van der Waals surface area contributed by atoms with E-state index in [2.05, 4.69) is 16.7 Å². The van der Waals surface area contributed by atoms with Crippen LogP contribution in [0.1, 0.15) is 23.7 Å². The van der Waals surface area contributed by atoms with Crippen LogP contribution in [0.2, 0.25) is 0 Å². The van der Waals surface area contributed by atoms with Crippen molar-refractivity contribution in [3.05, 3.63) is 45.5 Å². The van der Waals surface area contributed by atoms with E-state index in [1.54, 1.807) is 17.0 Å². The number of amides is 2. The summed E-state index contributed by atoms with van der Waals surface area (Å²) in [5, 5.41) is 17.6. The van der Waals surface area contributed by atoms with Crippen LogP contribution in [0, 0.1) is 10.1 Å². The maximum atomic E-state index is 12.4. The quantitative estimate of drug-likeness (QED) is 0.420. The fourth-order valence-electron chi connectivity index (χ4n) is 3.47. The molecule has 0 spiro atoms. The molecule has 1 fully saturated rings. The highest BCUT2D eigenvalue weighted by molar-refractivity contribution is 5.96. The summed E-state index contributed by atoms with van der Waals surface area (Å²) in [5.74, 6) is -0.319. The molecule has 0 aliphatic carbocycles. The van der Waals surface area contributed by atoms with E-state index in [1.807, 2.05) is 4.90 Å². The van der Waals surface area contributed by atoms with Crippen molar-refractivity contribution in [2.75, 3.05) is 50.7 Å². The lowest BCUT2D eigenvalue weighted by Crippen LogP contribution is -2.48. The smallest absolute Gasteiger partial charge is 0.293 e. The van der Waals surface area contributed by atoms with E-state index in [1.165, 1.54) is 13.0 Å². The van der Waals surface area contributed by atoms with Gasteiger partial charge in [0.05, 0.1) is 4.92 Å². The van der Waals surface area contributed by atoms with Crippen LogP contribution in [0.5, 0.6) is 0 Å². The Bertz CT molecular complexity index is 806. The lowest BCUT2D eigenvalue weighted by molar-refractivity contribution is -0.384. The summed E-state index contributed by atoms with van der Waals surface area (Å²) >= 11 is 0. The molecule has 29 heavy (non-hydrogen) atoms. The van der Waals surface area contributed by atoms with E-state index in [-0.39, 0.29) is 35.5 Å². The van der Waals surface area contributed by atoms with Crippen molar-refractivity contribution in [2.45, 2.75) is 13.3 Å². The fourth-order valence-corrected chi connectivity index (χ4v) is 3.47. The third-order valence-electron chi connectivity index (χ3n) is 5.13. The van der Waals surface area contributed by atoms with Gasteiger partial charge in [0, 0.05) is 57.8 Å². The maximum Gasteiger partial charge on any atom is 0.293 e. The molecule has 0 aromatic heterocycles. The van der Waals surface area contributed by atoms with E-state index in [0.29, 0.717) is 38.4 Å². The molecule has 10 heteroatoms. The average Bonchev–Trinajstić information content (AvgIpc) is 2.72. The van der Waals surface area contributed by atoms with E-state index in [4.69, 9.17) is 0 Å². The Hall–Kier alpha value is -2.65. The van der Waals surface area contributed by atoms with Gasteiger partial charge in [-0.1, -0.05) is 11.6 Å². The number of carbonyl (C=O) groups excluding carboxylic acids is 2. The summed E-state index contributed by atoms with van der Waals surface area (Å²) in [6.07, 6.45) is 2.93. The average molecular weight is 424 g/mol. The number of hydrogen-bond acceptors (Lipinski definition) is 6. The van der Waals surface area contributed by atoms with Gasteiger partial charge >= 0.3 is 0 Å². The Labute approximate surface area is 175 Å². The van der Waals surface area contributed by atoms with Crippen molar-refractivity contribution in [1.29, 1.82) is 0 Å². The van der Waals surface area contributed by atoms with Gasteiger partial charge in [-0.25, -0.2) is 0 Å². The van der Waals surface area contributed by atoms with Crippen LogP contribution in [0.3, 0.4) is 0 Å². The lowest BCUT2D eigenvalue weighted by Gasteiger charge is -2.35. The number of piperazine rings is 1. The van der Waals surface area contributed by atoms with Crippen LogP contribution < -0.4 is 15.5 Å². The summed E-state index contributed by atoms with van der Waals surface area (Å²) < 4.78 is 0. The SMILES string of the molecule is CC(=O)N1CCN(c2ccc(C(=O)NCC3=CCNCC3)cc2[N+](=O)[O-])CC1.Cl. The van der Waals surface area contributed by atoms with Gasteiger partial charge in [0.15, 0.2) is 0 Å². The van der Waals surface area contributed by atoms with Crippen LogP contribution in [0.25, 0.3) is 0 Å². The van der Waals surface area contributed by atoms with Crippen LogP contribution in [0.4, 0.5) is 11.4 Å². The summed E-state index contributed by atoms with van der Waals surface area (Å²) in [6, 6.07) is 4.57. The first kappa shape index (κ1) is 22.6. The number of nitrogens with zero attached hydrogens (tertiary/aromatic N) is 3. The number of nitro groups is 1. The van der Waals surface area contributed by atoms with Crippen LogP contribution in [0.15, 0.2) is 29.8 Å². The molecule has 1 saturated heterocycles. The molecular formula is C19H26ClN5O4. The molecular weight excluding hydrogens is 398 g/mol. The van der Waals surface area contributed by atoms with Crippen molar-refractivity contribution in [3.63, 3.8) is 0 Å². The third kappa shape index (κ3) is 5.68. The number of rotatable bonds is 5. The summed E-state index contributed by atoms with van der Waals surface area (Å²) in [7, 11) is 0. The van der Waals surface area contributed by atoms with Crippen LogP contribution in [-0.4, -0.2) is 67.5 Å². The molecule has 0 bridgehead atoms. The largest absolute Gasteiger partial charge is 0.362 e. The monoisotopic (exact) mass is 423 g/mol. The summed E-state index contributed by atoms with van der Waals surface area (Å²) in [4.78, 5) is 38.6. The molecule has 0 atom stereocenters. The molecule has 1 aromatic rings. The molecule has 2 heterocycles. The zero-order valence-corrected chi connectivity index (χ0v) is 17.2. The Balaban J connectivity index is 0.00000300.